The van der Waals surface area contributed by atoms with Gasteiger partial charge in [-0.3, -0.25) is 4.99 Å². The van der Waals surface area contributed by atoms with Crippen LogP contribution in [0.4, 0.5) is 0 Å². The van der Waals surface area contributed by atoms with Gasteiger partial charge in [0.15, 0.2) is 11.5 Å². The normalized spacial score (nSPS) is 21.6. The fourth-order valence-corrected chi connectivity index (χ4v) is 1.22. The summed E-state index contributed by atoms with van der Waals surface area (Å²) in [5.74, 6) is 1.50. The van der Waals surface area contributed by atoms with E-state index >= 15 is 0 Å². The zero-order valence-electron chi connectivity index (χ0n) is 5.11. The molecule has 0 bridgehead atoms. The average Bonchev–Trinajstić information content (AvgIpc) is 2.28. The van der Waals surface area contributed by atoms with Crippen LogP contribution in [-0.4, -0.2) is 12.3 Å². The van der Waals surface area contributed by atoms with Crippen LogP contribution in [0.5, 0.6) is 0 Å². The second-order valence-corrected chi connectivity index (χ2v) is 2.49. The summed E-state index contributed by atoms with van der Waals surface area (Å²) in [7, 11) is 0. The molecular weight excluding hydrogens is 150 g/mol. The van der Waals surface area contributed by atoms with Gasteiger partial charge in [0.25, 0.3) is 0 Å². The van der Waals surface area contributed by atoms with E-state index in [4.69, 9.17) is 9.47 Å². The third-order valence-corrected chi connectivity index (χ3v) is 1.75. The number of hydrogen-bond donors (Lipinski definition) is 0. The maximum atomic E-state index is 5.11. The van der Waals surface area contributed by atoms with Crippen LogP contribution in [0.25, 0.3) is 0 Å². The van der Waals surface area contributed by atoms with E-state index in [-0.39, 0.29) is 0 Å². The summed E-state index contributed by atoms with van der Waals surface area (Å²) in [6.07, 6.45) is 1.65. The van der Waals surface area contributed by atoms with E-state index < -0.39 is 0 Å². The molecule has 0 unspecified atom stereocenters. The van der Waals surface area contributed by atoms with Gasteiger partial charge >= 0.3 is 0 Å². The van der Waals surface area contributed by atoms with E-state index in [1.165, 1.54) is 11.8 Å². The third kappa shape index (κ3) is 0.903. The first kappa shape index (κ1) is 5.85. The van der Waals surface area contributed by atoms with Gasteiger partial charge in [0.1, 0.15) is 0 Å². The van der Waals surface area contributed by atoms with Gasteiger partial charge in [0, 0.05) is 5.41 Å². The molecule has 2 aliphatic rings. The third-order valence-electron chi connectivity index (χ3n) is 1.16. The van der Waals surface area contributed by atoms with Gasteiger partial charge in [-0.05, 0) is 0 Å². The number of hydrogen-bond acceptors (Lipinski definition) is 4. The number of nitrogens with zero attached hydrogens (tertiary/aromatic N) is 1. The minimum absolute atomic E-state index is 0.313. The highest BCUT2D eigenvalue weighted by atomic mass is 32.2. The molecule has 2 rings (SSSR count). The van der Waals surface area contributed by atoms with E-state index in [0.717, 1.165) is 11.5 Å². The summed E-state index contributed by atoms with van der Waals surface area (Å²) in [4.78, 5) is 3.93. The molecule has 10 heavy (non-hydrogen) atoms. The van der Waals surface area contributed by atoms with Gasteiger partial charge in [-0.25, -0.2) is 0 Å². The van der Waals surface area contributed by atoms with Gasteiger partial charge in [0.05, 0.1) is 11.7 Å². The summed E-state index contributed by atoms with van der Waals surface area (Å²) < 4.78 is 10.2. The van der Waals surface area contributed by atoms with E-state index in [0.29, 0.717) is 6.79 Å². The lowest BCUT2D eigenvalue weighted by Crippen LogP contribution is -1.77. The molecule has 1 fully saturated rings. The fraction of sp³-hybridized carbons (Fsp3) is 0.167. The summed E-state index contributed by atoms with van der Waals surface area (Å²) in [5.41, 5.74) is 1.73. The van der Waals surface area contributed by atoms with Crippen molar-refractivity contribution < 1.29 is 9.47 Å². The molecular formula is C6H5NO2S. The van der Waals surface area contributed by atoms with Crippen LogP contribution in [0.2, 0.25) is 0 Å². The van der Waals surface area contributed by atoms with E-state index in [9.17, 15) is 0 Å². The Morgan fingerprint density at radius 1 is 1.40 bits per heavy atom. The Morgan fingerprint density at radius 3 is 3.30 bits per heavy atom. The molecule has 52 valence electrons. The first-order valence-corrected chi connectivity index (χ1v) is 3.74. The Balaban J connectivity index is 2.34. The number of rotatable bonds is 0. The SMILES string of the molecule is C1=NC=C2OCOC2=CS1. The zero-order chi connectivity index (χ0) is 6.81. The number of aliphatic imine (C=N–C) groups is 1. The van der Waals surface area contributed by atoms with Crippen LogP contribution < -0.4 is 0 Å². The van der Waals surface area contributed by atoms with Crippen LogP contribution in [-0.2, 0) is 9.47 Å². The maximum Gasteiger partial charge on any atom is 0.231 e. The van der Waals surface area contributed by atoms with Crippen LogP contribution in [0, 0.1) is 0 Å². The molecule has 0 spiro atoms. The Bertz CT molecular complexity index is 232. The summed E-state index contributed by atoms with van der Waals surface area (Å²) in [6, 6.07) is 0. The van der Waals surface area contributed by atoms with Crippen molar-refractivity contribution in [1.29, 1.82) is 0 Å². The van der Waals surface area contributed by atoms with Crippen LogP contribution in [0.1, 0.15) is 0 Å². The lowest BCUT2D eigenvalue weighted by Gasteiger charge is -1.89. The quantitative estimate of drug-likeness (QED) is 0.530. The van der Waals surface area contributed by atoms with E-state index in [1.807, 2.05) is 5.41 Å². The molecule has 0 N–H and O–H groups in total. The molecule has 0 aromatic rings. The second-order valence-electron chi connectivity index (χ2n) is 1.77. The Morgan fingerprint density at radius 2 is 2.30 bits per heavy atom. The molecule has 0 aromatic carbocycles. The van der Waals surface area contributed by atoms with Gasteiger partial charge in [-0.1, -0.05) is 11.8 Å². The molecule has 2 aliphatic heterocycles. The van der Waals surface area contributed by atoms with Crippen molar-refractivity contribution in [2.45, 2.75) is 0 Å². The molecule has 1 saturated heterocycles. The second kappa shape index (κ2) is 2.38. The first-order chi connectivity index (χ1) is 4.97. The minimum atomic E-state index is 0.313. The highest BCUT2D eigenvalue weighted by Gasteiger charge is 2.16. The molecule has 0 aromatic heterocycles. The lowest BCUT2D eigenvalue weighted by atomic mass is 10.5. The number of thioether (sulfide) groups is 1. The maximum absolute atomic E-state index is 5.11. The van der Waals surface area contributed by atoms with Gasteiger partial charge in [0.2, 0.25) is 6.79 Å². The molecule has 2 heterocycles. The Labute approximate surface area is 62.4 Å². The largest absolute Gasteiger partial charge is 0.453 e. The van der Waals surface area contributed by atoms with Crippen LogP contribution in [0.3, 0.4) is 0 Å². The molecule has 4 heteroatoms. The zero-order valence-corrected chi connectivity index (χ0v) is 5.93. The highest BCUT2D eigenvalue weighted by molar-refractivity contribution is 8.14. The van der Waals surface area contributed by atoms with Crippen molar-refractivity contribution in [2.75, 3.05) is 6.79 Å². The topological polar surface area (TPSA) is 30.8 Å². The van der Waals surface area contributed by atoms with Crippen LogP contribution in [0.15, 0.2) is 28.1 Å². The van der Waals surface area contributed by atoms with Crippen molar-refractivity contribution in [2.24, 2.45) is 4.99 Å². The lowest BCUT2D eigenvalue weighted by molar-refractivity contribution is 0.0977. The predicted molar refractivity (Wildman–Crippen MR) is 39.3 cm³/mol. The van der Waals surface area contributed by atoms with Crippen molar-refractivity contribution >= 4 is 17.3 Å². The monoisotopic (exact) mass is 155 g/mol. The Kier molecular flexibility index (Phi) is 1.39. The average molecular weight is 155 g/mol. The predicted octanol–water partition coefficient (Wildman–Crippen LogP) is 1.45. The molecule has 0 amide bonds. The highest BCUT2D eigenvalue weighted by Crippen LogP contribution is 2.24. The molecule has 3 nitrogen and oxygen atoms in total. The molecule has 0 radical (unpaired) electrons. The summed E-state index contributed by atoms with van der Waals surface area (Å²) in [5, 5.41) is 1.87. The number of ether oxygens (including phenoxy) is 2. The van der Waals surface area contributed by atoms with Gasteiger partial charge in [-0.2, -0.15) is 0 Å². The summed E-state index contributed by atoms with van der Waals surface area (Å²) in [6.45, 7) is 0.313. The Hall–Kier alpha value is -0.900. The van der Waals surface area contributed by atoms with Gasteiger partial charge < -0.3 is 9.47 Å². The van der Waals surface area contributed by atoms with Gasteiger partial charge in [-0.15, -0.1) is 0 Å². The van der Waals surface area contributed by atoms with Crippen molar-refractivity contribution in [1.82, 2.24) is 0 Å². The molecule has 0 atom stereocenters. The van der Waals surface area contributed by atoms with Crippen LogP contribution >= 0.6 is 11.8 Å². The first-order valence-electron chi connectivity index (χ1n) is 2.80. The summed E-state index contributed by atoms with van der Waals surface area (Å²) >= 11 is 1.48. The fourth-order valence-electron chi connectivity index (χ4n) is 0.717. The van der Waals surface area contributed by atoms with E-state index in [1.54, 1.807) is 11.7 Å². The standard InChI is InChI=1S/C6H5NO2S/c1-5-6(9-4-8-5)2-10-3-7-1/h1-3H,4H2. The van der Waals surface area contributed by atoms with Crippen molar-refractivity contribution in [3.8, 4) is 0 Å². The minimum Gasteiger partial charge on any atom is -0.453 e. The smallest absolute Gasteiger partial charge is 0.231 e. The van der Waals surface area contributed by atoms with Crippen molar-refractivity contribution in [3.63, 3.8) is 0 Å². The molecule has 0 aliphatic carbocycles. The van der Waals surface area contributed by atoms with Crippen molar-refractivity contribution in [3.05, 3.63) is 23.1 Å². The number of fused-ring (bicyclic) bond motifs is 1. The molecule has 0 saturated carbocycles. The van der Waals surface area contributed by atoms with E-state index in [2.05, 4.69) is 4.99 Å².